The topological polar surface area (TPSA) is 69.6 Å². The summed E-state index contributed by atoms with van der Waals surface area (Å²) in [6, 6.07) is 8.05. The highest BCUT2D eigenvalue weighted by atomic mass is 15.2. The van der Waals surface area contributed by atoms with Crippen LogP contribution in [0.15, 0.2) is 42.9 Å². The molecule has 3 aromatic rings. The van der Waals surface area contributed by atoms with Gasteiger partial charge >= 0.3 is 0 Å². The molecule has 5 heteroatoms. The van der Waals surface area contributed by atoms with Crippen molar-refractivity contribution in [1.82, 2.24) is 19.7 Å². The van der Waals surface area contributed by atoms with Crippen molar-refractivity contribution in [2.75, 3.05) is 0 Å². The van der Waals surface area contributed by atoms with Crippen LogP contribution in [0.3, 0.4) is 0 Å². The molecule has 0 aliphatic rings. The fourth-order valence-corrected chi connectivity index (χ4v) is 2.33. The van der Waals surface area contributed by atoms with E-state index in [1.807, 2.05) is 42.2 Å². The second kappa shape index (κ2) is 5.38. The van der Waals surface area contributed by atoms with Crippen LogP contribution >= 0.6 is 0 Å². The smallest absolute Gasteiger partial charge is 0.0890 e. The predicted octanol–water partition coefficient (Wildman–Crippen LogP) is 2.00. The lowest BCUT2D eigenvalue weighted by molar-refractivity contribution is 0.614. The molecule has 102 valence electrons. The molecule has 5 nitrogen and oxygen atoms in total. The molecule has 0 aliphatic carbocycles. The molecule has 0 radical (unpaired) electrons. The lowest BCUT2D eigenvalue weighted by Crippen LogP contribution is -2.12. The van der Waals surface area contributed by atoms with E-state index in [0.717, 1.165) is 29.4 Å². The Bertz CT molecular complexity index is 719. The van der Waals surface area contributed by atoms with Crippen LogP contribution in [-0.2, 0) is 13.5 Å². The van der Waals surface area contributed by atoms with Crippen molar-refractivity contribution in [2.45, 2.75) is 18.9 Å². The maximum atomic E-state index is 6.27. The van der Waals surface area contributed by atoms with Crippen molar-refractivity contribution in [3.63, 3.8) is 0 Å². The second-order valence-corrected chi connectivity index (χ2v) is 4.90. The number of rotatable bonds is 4. The van der Waals surface area contributed by atoms with E-state index in [1.165, 1.54) is 5.69 Å². The Balaban J connectivity index is 1.75. The number of nitrogens with two attached hydrogens (primary N) is 1. The molecule has 2 aromatic heterocycles. The Morgan fingerprint density at radius 2 is 1.90 bits per heavy atom. The predicted molar refractivity (Wildman–Crippen MR) is 78.0 cm³/mol. The van der Waals surface area contributed by atoms with Gasteiger partial charge in [-0.1, -0.05) is 6.07 Å². The van der Waals surface area contributed by atoms with Gasteiger partial charge in [0.05, 0.1) is 11.0 Å². The number of hydrogen-bond donors (Lipinski definition) is 1. The Labute approximate surface area is 117 Å². The molecule has 1 unspecified atom stereocenters. The minimum absolute atomic E-state index is 0.00342. The van der Waals surface area contributed by atoms with Crippen LogP contribution in [0.5, 0.6) is 0 Å². The molecule has 3 rings (SSSR count). The van der Waals surface area contributed by atoms with Crippen LogP contribution in [0, 0.1) is 0 Å². The van der Waals surface area contributed by atoms with E-state index in [0.29, 0.717) is 0 Å². The summed E-state index contributed by atoms with van der Waals surface area (Å²) in [5.74, 6) is 0. The van der Waals surface area contributed by atoms with Crippen molar-refractivity contribution in [3.8, 4) is 0 Å². The number of aryl methyl sites for hydroxylation is 2. The molecule has 2 N–H and O–H groups in total. The van der Waals surface area contributed by atoms with Crippen LogP contribution in [0.1, 0.15) is 23.7 Å². The average molecular weight is 267 g/mol. The van der Waals surface area contributed by atoms with Gasteiger partial charge in [-0.25, -0.2) is 0 Å². The first-order valence-corrected chi connectivity index (χ1v) is 6.67. The number of nitrogens with zero attached hydrogens (tertiary/aromatic N) is 4. The molecule has 0 bridgehead atoms. The summed E-state index contributed by atoms with van der Waals surface area (Å²) >= 11 is 0. The number of aromatic nitrogens is 4. The highest BCUT2D eigenvalue weighted by molar-refractivity contribution is 5.74. The summed E-state index contributed by atoms with van der Waals surface area (Å²) in [4.78, 5) is 8.58. The van der Waals surface area contributed by atoms with Gasteiger partial charge in [-0.15, -0.1) is 0 Å². The largest absolute Gasteiger partial charge is 0.324 e. The lowest BCUT2D eigenvalue weighted by atomic mass is 10.0. The van der Waals surface area contributed by atoms with Crippen LogP contribution < -0.4 is 5.73 Å². The average Bonchev–Trinajstić information content (AvgIpc) is 2.89. The van der Waals surface area contributed by atoms with Gasteiger partial charge in [0.25, 0.3) is 0 Å². The van der Waals surface area contributed by atoms with E-state index >= 15 is 0 Å². The van der Waals surface area contributed by atoms with E-state index in [2.05, 4.69) is 15.1 Å². The van der Waals surface area contributed by atoms with Crippen molar-refractivity contribution >= 4 is 11.0 Å². The van der Waals surface area contributed by atoms with E-state index in [1.54, 1.807) is 12.4 Å². The number of hydrogen-bond acceptors (Lipinski definition) is 4. The van der Waals surface area contributed by atoms with Gasteiger partial charge in [-0.3, -0.25) is 14.6 Å². The van der Waals surface area contributed by atoms with E-state index in [9.17, 15) is 0 Å². The summed E-state index contributed by atoms with van der Waals surface area (Å²) in [6.45, 7) is 0. The highest BCUT2D eigenvalue weighted by Crippen LogP contribution is 2.20. The molecular weight excluding hydrogens is 250 g/mol. The molecular formula is C15H17N5. The number of fused-ring (bicyclic) bond motifs is 1. The van der Waals surface area contributed by atoms with Gasteiger partial charge in [0.2, 0.25) is 0 Å². The Hall–Kier alpha value is -2.27. The molecule has 0 aliphatic heterocycles. The molecule has 0 fully saturated rings. The summed E-state index contributed by atoms with van der Waals surface area (Å²) in [6.07, 6.45) is 7.01. The van der Waals surface area contributed by atoms with Gasteiger partial charge in [-0.2, -0.15) is 5.10 Å². The molecule has 20 heavy (non-hydrogen) atoms. The maximum Gasteiger partial charge on any atom is 0.0890 e. The normalized spacial score (nSPS) is 12.7. The van der Waals surface area contributed by atoms with Crippen LogP contribution in [-0.4, -0.2) is 19.7 Å². The first-order chi connectivity index (χ1) is 9.74. The quantitative estimate of drug-likeness (QED) is 0.785. The molecule has 0 saturated heterocycles. The summed E-state index contributed by atoms with van der Waals surface area (Å²) in [7, 11) is 1.95. The van der Waals surface area contributed by atoms with Crippen molar-refractivity contribution < 1.29 is 0 Å². The monoisotopic (exact) mass is 267 g/mol. The van der Waals surface area contributed by atoms with Crippen molar-refractivity contribution in [1.29, 1.82) is 0 Å². The zero-order valence-electron chi connectivity index (χ0n) is 11.4. The van der Waals surface area contributed by atoms with Crippen LogP contribution in [0.25, 0.3) is 11.0 Å². The van der Waals surface area contributed by atoms with Crippen LogP contribution in [0.4, 0.5) is 0 Å². The SMILES string of the molecule is Cn1nccc1CCC(N)c1ccc2nccnc2c1. The zero-order chi connectivity index (χ0) is 13.9. The van der Waals surface area contributed by atoms with Crippen molar-refractivity contribution in [3.05, 3.63) is 54.1 Å². The fourth-order valence-electron chi connectivity index (χ4n) is 2.33. The third-order valence-electron chi connectivity index (χ3n) is 3.56. The summed E-state index contributed by atoms with van der Waals surface area (Å²) in [5.41, 5.74) is 10.4. The minimum Gasteiger partial charge on any atom is -0.324 e. The lowest BCUT2D eigenvalue weighted by Gasteiger charge is -2.12. The van der Waals surface area contributed by atoms with E-state index < -0.39 is 0 Å². The summed E-state index contributed by atoms with van der Waals surface area (Å²) < 4.78 is 1.89. The Morgan fingerprint density at radius 3 is 2.65 bits per heavy atom. The van der Waals surface area contributed by atoms with Crippen molar-refractivity contribution in [2.24, 2.45) is 12.8 Å². The van der Waals surface area contributed by atoms with E-state index in [-0.39, 0.29) is 6.04 Å². The molecule has 0 saturated carbocycles. The molecule has 0 amide bonds. The Morgan fingerprint density at radius 1 is 1.10 bits per heavy atom. The fraction of sp³-hybridized carbons (Fsp3) is 0.267. The molecule has 1 aromatic carbocycles. The standard InChI is InChI=1S/C15H17N5/c1-20-12(6-7-19-20)3-4-13(16)11-2-5-14-15(10-11)18-9-8-17-14/h2,5-10,13H,3-4,16H2,1H3. The minimum atomic E-state index is -0.00342. The van der Waals surface area contributed by atoms with Gasteiger partial charge in [-0.05, 0) is 36.6 Å². The Kier molecular flexibility index (Phi) is 3.43. The van der Waals surface area contributed by atoms with Gasteiger partial charge in [0.1, 0.15) is 0 Å². The first-order valence-electron chi connectivity index (χ1n) is 6.67. The molecule has 2 heterocycles. The second-order valence-electron chi connectivity index (χ2n) is 4.90. The molecule has 0 spiro atoms. The van der Waals surface area contributed by atoms with E-state index in [4.69, 9.17) is 5.73 Å². The maximum absolute atomic E-state index is 6.27. The summed E-state index contributed by atoms with van der Waals surface area (Å²) in [5, 5.41) is 4.17. The number of benzene rings is 1. The third kappa shape index (κ3) is 2.53. The molecule has 1 atom stereocenters. The zero-order valence-corrected chi connectivity index (χ0v) is 11.4. The van der Waals surface area contributed by atoms with Gasteiger partial charge in [0.15, 0.2) is 0 Å². The van der Waals surface area contributed by atoms with Gasteiger partial charge in [0, 0.05) is 37.4 Å². The highest BCUT2D eigenvalue weighted by Gasteiger charge is 2.09. The van der Waals surface area contributed by atoms with Gasteiger partial charge < -0.3 is 5.73 Å². The van der Waals surface area contributed by atoms with Crippen LogP contribution in [0.2, 0.25) is 0 Å². The third-order valence-corrected chi connectivity index (χ3v) is 3.56. The first kappa shape index (κ1) is 12.7.